The number of methoxy groups -OCH3 is 1. The zero-order valence-corrected chi connectivity index (χ0v) is 14.7. The van der Waals surface area contributed by atoms with Crippen LogP contribution in [-0.4, -0.2) is 33.4 Å². The predicted octanol–water partition coefficient (Wildman–Crippen LogP) is 2.98. The first kappa shape index (κ1) is 17.2. The summed E-state index contributed by atoms with van der Waals surface area (Å²) in [5, 5.41) is 10.7. The Balaban J connectivity index is 2.15. The smallest absolute Gasteiger partial charge is 0.259 e. The summed E-state index contributed by atoms with van der Waals surface area (Å²) in [4.78, 5) is 19.9. The molecule has 0 unspecified atom stereocenters. The number of hydrogen-bond donors (Lipinski definition) is 2. The highest BCUT2D eigenvalue weighted by molar-refractivity contribution is 5.83. The fraction of sp³-hybridized carbons (Fsp3) is 0.368. The zero-order chi connectivity index (χ0) is 18.0. The van der Waals surface area contributed by atoms with Gasteiger partial charge in [0.15, 0.2) is 0 Å². The summed E-state index contributed by atoms with van der Waals surface area (Å²) >= 11 is 0. The number of nitrogens with zero attached hydrogens (tertiary/aromatic N) is 2. The second-order valence-electron chi connectivity index (χ2n) is 6.26. The summed E-state index contributed by atoms with van der Waals surface area (Å²) in [6.45, 7) is 4.16. The van der Waals surface area contributed by atoms with E-state index in [0.717, 1.165) is 23.1 Å². The Morgan fingerprint density at radius 3 is 2.84 bits per heavy atom. The van der Waals surface area contributed by atoms with Gasteiger partial charge in [0.05, 0.1) is 25.3 Å². The highest BCUT2D eigenvalue weighted by Gasteiger charge is 2.21. The van der Waals surface area contributed by atoms with Gasteiger partial charge in [-0.25, -0.2) is 4.98 Å². The summed E-state index contributed by atoms with van der Waals surface area (Å²) in [5.74, 6) is 1.55. The molecule has 2 heterocycles. The average Bonchev–Trinajstić information content (AvgIpc) is 3.10. The molecule has 25 heavy (non-hydrogen) atoms. The van der Waals surface area contributed by atoms with Crippen molar-refractivity contribution < 1.29 is 9.84 Å². The number of benzene rings is 1. The van der Waals surface area contributed by atoms with E-state index < -0.39 is 0 Å². The molecule has 6 heteroatoms. The SMILES string of the molecule is CC[C@H](C)[C@@H](CO)n1ccnc1-c1cc2cc(OC)ccc2[nH]c1=O. The van der Waals surface area contributed by atoms with Crippen LogP contribution in [0.15, 0.2) is 41.5 Å². The first-order chi connectivity index (χ1) is 12.1. The number of nitrogens with one attached hydrogen (secondary N) is 1. The van der Waals surface area contributed by atoms with E-state index >= 15 is 0 Å². The molecule has 2 aromatic heterocycles. The lowest BCUT2D eigenvalue weighted by atomic mass is 9.99. The number of H-pyrrole nitrogens is 1. The molecule has 6 nitrogen and oxygen atoms in total. The minimum Gasteiger partial charge on any atom is -0.497 e. The quantitative estimate of drug-likeness (QED) is 0.722. The van der Waals surface area contributed by atoms with Gasteiger partial charge in [-0.3, -0.25) is 4.79 Å². The molecule has 3 aromatic rings. The zero-order valence-electron chi connectivity index (χ0n) is 14.7. The van der Waals surface area contributed by atoms with E-state index in [2.05, 4.69) is 23.8 Å². The van der Waals surface area contributed by atoms with E-state index in [4.69, 9.17) is 4.74 Å². The van der Waals surface area contributed by atoms with Crippen molar-refractivity contribution in [1.29, 1.82) is 0 Å². The van der Waals surface area contributed by atoms with Crippen molar-refractivity contribution in [3.05, 3.63) is 47.0 Å². The van der Waals surface area contributed by atoms with Gasteiger partial charge in [0, 0.05) is 23.3 Å². The van der Waals surface area contributed by atoms with Crippen LogP contribution in [0.2, 0.25) is 0 Å². The molecule has 0 aliphatic heterocycles. The van der Waals surface area contributed by atoms with E-state index in [1.165, 1.54) is 0 Å². The van der Waals surface area contributed by atoms with Crippen LogP contribution in [-0.2, 0) is 0 Å². The topological polar surface area (TPSA) is 80.1 Å². The number of aliphatic hydroxyl groups is 1. The van der Waals surface area contributed by atoms with Crippen LogP contribution in [0.5, 0.6) is 5.75 Å². The molecule has 0 saturated heterocycles. The Morgan fingerprint density at radius 2 is 2.16 bits per heavy atom. The van der Waals surface area contributed by atoms with Gasteiger partial charge >= 0.3 is 0 Å². The molecule has 0 bridgehead atoms. The van der Waals surface area contributed by atoms with Crippen LogP contribution < -0.4 is 10.3 Å². The molecule has 0 aliphatic carbocycles. The van der Waals surface area contributed by atoms with Crippen molar-refractivity contribution >= 4 is 10.9 Å². The monoisotopic (exact) mass is 341 g/mol. The van der Waals surface area contributed by atoms with Crippen LogP contribution in [0, 0.1) is 5.92 Å². The summed E-state index contributed by atoms with van der Waals surface area (Å²) in [7, 11) is 1.61. The molecule has 1 aromatic carbocycles. The molecular formula is C19H23N3O3. The third kappa shape index (κ3) is 3.17. The van der Waals surface area contributed by atoms with Crippen LogP contribution in [0.4, 0.5) is 0 Å². The van der Waals surface area contributed by atoms with E-state index in [9.17, 15) is 9.90 Å². The summed E-state index contributed by atoms with van der Waals surface area (Å²) < 4.78 is 7.16. The number of pyridine rings is 1. The standard InChI is InChI=1S/C19H23N3O3/c1-4-12(2)17(11-23)22-8-7-20-18(22)15-10-13-9-14(25-3)5-6-16(13)21-19(15)24/h5-10,12,17,23H,4,11H2,1-3H3,(H,21,24)/t12-,17+/m0/s1. The van der Waals surface area contributed by atoms with Crippen molar-refractivity contribution in [2.45, 2.75) is 26.3 Å². The Labute approximate surface area is 146 Å². The number of imidazole rings is 1. The second kappa shape index (κ2) is 7.11. The van der Waals surface area contributed by atoms with Gasteiger partial charge in [0.1, 0.15) is 11.6 Å². The fourth-order valence-corrected chi connectivity index (χ4v) is 3.08. The third-order valence-corrected chi connectivity index (χ3v) is 4.81. The van der Waals surface area contributed by atoms with Crippen molar-refractivity contribution in [3.63, 3.8) is 0 Å². The molecule has 2 atom stereocenters. The largest absolute Gasteiger partial charge is 0.497 e. The van der Waals surface area contributed by atoms with E-state index in [1.807, 2.05) is 35.0 Å². The van der Waals surface area contributed by atoms with Crippen molar-refractivity contribution in [2.24, 2.45) is 5.92 Å². The number of fused-ring (bicyclic) bond motifs is 1. The summed E-state index contributed by atoms with van der Waals surface area (Å²) in [6, 6.07) is 7.20. The summed E-state index contributed by atoms with van der Waals surface area (Å²) in [5.41, 5.74) is 1.02. The predicted molar refractivity (Wildman–Crippen MR) is 97.9 cm³/mol. The lowest BCUT2D eigenvalue weighted by molar-refractivity contribution is 0.184. The minimum absolute atomic E-state index is 0.00231. The molecule has 0 radical (unpaired) electrons. The fourth-order valence-electron chi connectivity index (χ4n) is 3.08. The molecule has 0 amide bonds. The highest BCUT2D eigenvalue weighted by atomic mass is 16.5. The second-order valence-corrected chi connectivity index (χ2v) is 6.26. The maximum absolute atomic E-state index is 12.6. The number of aromatic nitrogens is 3. The van der Waals surface area contributed by atoms with Gasteiger partial charge in [-0.2, -0.15) is 0 Å². The third-order valence-electron chi connectivity index (χ3n) is 4.81. The van der Waals surface area contributed by atoms with Crippen LogP contribution in [0.3, 0.4) is 0 Å². The first-order valence-corrected chi connectivity index (χ1v) is 8.44. The van der Waals surface area contributed by atoms with Crippen molar-refractivity contribution in [2.75, 3.05) is 13.7 Å². The van der Waals surface area contributed by atoms with E-state index in [0.29, 0.717) is 11.4 Å². The number of aromatic amines is 1. The normalized spacial score (nSPS) is 13.8. The maximum atomic E-state index is 12.6. The molecule has 0 fully saturated rings. The highest BCUT2D eigenvalue weighted by Crippen LogP contribution is 2.27. The van der Waals surface area contributed by atoms with Crippen LogP contribution in [0.1, 0.15) is 26.3 Å². The Bertz CT molecular complexity index is 929. The molecule has 0 aliphatic rings. The van der Waals surface area contributed by atoms with Gasteiger partial charge < -0.3 is 19.4 Å². The maximum Gasteiger partial charge on any atom is 0.259 e. The van der Waals surface area contributed by atoms with Crippen molar-refractivity contribution in [3.8, 4) is 17.1 Å². The number of ether oxygens (including phenoxy) is 1. The Morgan fingerprint density at radius 1 is 1.36 bits per heavy atom. The van der Waals surface area contributed by atoms with Gasteiger partial charge in [-0.1, -0.05) is 20.3 Å². The van der Waals surface area contributed by atoms with Crippen molar-refractivity contribution in [1.82, 2.24) is 14.5 Å². The number of hydrogen-bond acceptors (Lipinski definition) is 4. The van der Waals surface area contributed by atoms with Crippen LogP contribution in [0.25, 0.3) is 22.3 Å². The lowest BCUT2D eigenvalue weighted by Crippen LogP contribution is -2.22. The molecule has 2 N–H and O–H groups in total. The minimum atomic E-state index is -0.203. The van der Waals surface area contributed by atoms with Gasteiger partial charge in [-0.05, 0) is 30.2 Å². The molecular weight excluding hydrogens is 318 g/mol. The molecule has 3 rings (SSSR count). The Kier molecular flexibility index (Phi) is 4.90. The molecule has 0 spiro atoms. The molecule has 0 saturated carbocycles. The average molecular weight is 341 g/mol. The first-order valence-electron chi connectivity index (χ1n) is 8.44. The number of aliphatic hydroxyl groups excluding tert-OH is 1. The van der Waals surface area contributed by atoms with E-state index in [1.54, 1.807) is 13.3 Å². The van der Waals surface area contributed by atoms with Crippen LogP contribution >= 0.6 is 0 Å². The molecule has 132 valence electrons. The lowest BCUT2D eigenvalue weighted by Gasteiger charge is -2.24. The van der Waals surface area contributed by atoms with Gasteiger partial charge in [0.2, 0.25) is 0 Å². The Hall–Kier alpha value is -2.60. The van der Waals surface area contributed by atoms with Gasteiger partial charge in [-0.15, -0.1) is 0 Å². The van der Waals surface area contributed by atoms with E-state index in [-0.39, 0.29) is 24.1 Å². The summed E-state index contributed by atoms with van der Waals surface area (Å²) in [6.07, 6.45) is 4.40. The number of rotatable bonds is 6. The van der Waals surface area contributed by atoms with Gasteiger partial charge in [0.25, 0.3) is 5.56 Å².